The summed E-state index contributed by atoms with van der Waals surface area (Å²) in [5, 5.41) is 0. The van der Waals surface area contributed by atoms with Crippen LogP contribution in [0.4, 0.5) is 0 Å². The summed E-state index contributed by atoms with van der Waals surface area (Å²) in [4.78, 5) is 29.0. The van der Waals surface area contributed by atoms with E-state index in [2.05, 4.69) is 6.07 Å². The Hall–Kier alpha value is -2.62. The Balaban J connectivity index is 1.64. The fourth-order valence-electron chi connectivity index (χ4n) is 3.53. The van der Waals surface area contributed by atoms with Crippen LogP contribution in [-0.4, -0.2) is 34.7 Å². The normalized spacial score (nSPS) is 16.8. The van der Waals surface area contributed by atoms with E-state index in [-0.39, 0.29) is 17.7 Å². The van der Waals surface area contributed by atoms with Crippen molar-refractivity contribution in [1.29, 1.82) is 0 Å². The van der Waals surface area contributed by atoms with Crippen LogP contribution in [0, 0.1) is 12.8 Å². The molecule has 1 aliphatic heterocycles. The summed E-state index contributed by atoms with van der Waals surface area (Å²) in [7, 11) is 0. The molecule has 0 aromatic heterocycles. The number of amides is 2. The molecule has 0 aliphatic carbocycles. The van der Waals surface area contributed by atoms with Crippen LogP contribution in [0.25, 0.3) is 0 Å². The van der Waals surface area contributed by atoms with Gasteiger partial charge in [-0.25, -0.2) is 0 Å². The zero-order valence-corrected chi connectivity index (χ0v) is 15.5. The Morgan fingerprint density at radius 2 is 1.85 bits per heavy atom. The van der Waals surface area contributed by atoms with Crippen molar-refractivity contribution in [3.63, 3.8) is 0 Å². The first kappa shape index (κ1) is 18.2. The zero-order valence-electron chi connectivity index (χ0n) is 15.5. The lowest BCUT2D eigenvalue weighted by molar-refractivity contribution is -0.136. The van der Waals surface area contributed by atoms with Gasteiger partial charge in [0, 0.05) is 32.6 Å². The second-order valence-corrected chi connectivity index (χ2v) is 7.00. The molecule has 0 saturated carbocycles. The first-order chi connectivity index (χ1) is 12.6. The highest BCUT2D eigenvalue weighted by Crippen LogP contribution is 2.23. The second-order valence-electron chi connectivity index (χ2n) is 7.00. The number of benzene rings is 2. The number of likely N-dealkylation sites (tertiary alicyclic amines) is 1. The summed E-state index contributed by atoms with van der Waals surface area (Å²) >= 11 is 0. The van der Waals surface area contributed by atoms with E-state index >= 15 is 0 Å². The molecule has 1 fully saturated rings. The van der Waals surface area contributed by atoms with Crippen LogP contribution in [0.3, 0.4) is 0 Å². The molecule has 1 atom stereocenters. The highest BCUT2D eigenvalue weighted by molar-refractivity contribution is 5.89. The molecule has 2 amide bonds. The highest BCUT2D eigenvalue weighted by Gasteiger charge is 2.36. The van der Waals surface area contributed by atoms with E-state index in [0.717, 1.165) is 11.1 Å². The van der Waals surface area contributed by atoms with Gasteiger partial charge in [-0.05, 0) is 25.0 Å². The van der Waals surface area contributed by atoms with Gasteiger partial charge in [-0.2, -0.15) is 0 Å². The Morgan fingerprint density at radius 1 is 1.12 bits per heavy atom. The quantitative estimate of drug-likeness (QED) is 0.801. The third-order valence-corrected chi connectivity index (χ3v) is 4.93. The third kappa shape index (κ3) is 4.31. The fraction of sp³-hybridized carbons (Fsp3) is 0.364. The summed E-state index contributed by atoms with van der Waals surface area (Å²) in [6.45, 7) is 6.37. The van der Waals surface area contributed by atoms with Gasteiger partial charge in [0.25, 0.3) is 0 Å². The van der Waals surface area contributed by atoms with Crippen LogP contribution in [0.1, 0.15) is 30.0 Å². The molecule has 3 rings (SSSR count). The van der Waals surface area contributed by atoms with Gasteiger partial charge in [0.15, 0.2) is 0 Å². The zero-order chi connectivity index (χ0) is 18.5. The van der Waals surface area contributed by atoms with Crippen molar-refractivity contribution < 1.29 is 9.59 Å². The molecule has 4 nitrogen and oxygen atoms in total. The van der Waals surface area contributed by atoms with Gasteiger partial charge in [-0.15, -0.1) is 0 Å². The molecule has 0 spiro atoms. The van der Waals surface area contributed by atoms with E-state index in [1.165, 1.54) is 5.56 Å². The predicted octanol–water partition coefficient (Wildman–Crippen LogP) is 3.39. The van der Waals surface area contributed by atoms with Crippen LogP contribution in [0.2, 0.25) is 0 Å². The maximum atomic E-state index is 12.9. The SMILES string of the molecule is CCN(Cc1ccccc1)C(=O)C1CC(=O)N(Cc2cccc(C)c2)C1. The number of hydrogen-bond acceptors (Lipinski definition) is 2. The lowest BCUT2D eigenvalue weighted by Crippen LogP contribution is -2.36. The predicted molar refractivity (Wildman–Crippen MR) is 102 cm³/mol. The average molecular weight is 350 g/mol. The molecule has 0 N–H and O–H groups in total. The van der Waals surface area contributed by atoms with Crippen LogP contribution in [0.15, 0.2) is 54.6 Å². The maximum absolute atomic E-state index is 12.9. The van der Waals surface area contributed by atoms with Gasteiger partial charge in [0.05, 0.1) is 5.92 Å². The van der Waals surface area contributed by atoms with Crippen molar-refractivity contribution in [3.8, 4) is 0 Å². The smallest absolute Gasteiger partial charge is 0.228 e. The van der Waals surface area contributed by atoms with E-state index in [1.54, 1.807) is 0 Å². The molecular formula is C22H26N2O2. The summed E-state index contributed by atoms with van der Waals surface area (Å²) < 4.78 is 0. The molecule has 0 bridgehead atoms. The van der Waals surface area contributed by atoms with Crippen LogP contribution in [-0.2, 0) is 22.7 Å². The molecular weight excluding hydrogens is 324 g/mol. The lowest BCUT2D eigenvalue weighted by atomic mass is 10.1. The number of nitrogens with zero attached hydrogens (tertiary/aromatic N) is 2. The molecule has 1 unspecified atom stereocenters. The van der Waals surface area contributed by atoms with Gasteiger partial charge < -0.3 is 9.80 Å². The monoisotopic (exact) mass is 350 g/mol. The molecule has 0 radical (unpaired) electrons. The average Bonchev–Trinajstić information content (AvgIpc) is 3.00. The van der Waals surface area contributed by atoms with Gasteiger partial charge in [0.2, 0.25) is 11.8 Å². The first-order valence-corrected chi connectivity index (χ1v) is 9.23. The highest BCUT2D eigenvalue weighted by atomic mass is 16.2. The van der Waals surface area contributed by atoms with E-state index < -0.39 is 0 Å². The molecule has 1 aliphatic rings. The number of carbonyl (C=O) groups is 2. The summed E-state index contributed by atoms with van der Waals surface area (Å²) in [6.07, 6.45) is 0.315. The minimum Gasteiger partial charge on any atom is -0.338 e. The van der Waals surface area contributed by atoms with E-state index in [4.69, 9.17) is 0 Å². The van der Waals surface area contributed by atoms with Crippen molar-refractivity contribution in [2.75, 3.05) is 13.1 Å². The topological polar surface area (TPSA) is 40.6 Å². The Kier molecular flexibility index (Phi) is 5.71. The second kappa shape index (κ2) is 8.17. The van der Waals surface area contributed by atoms with Crippen molar-refractivity contribution in [2.24, 2.45) is 5.92 Å². The van der Waals surface area contributed by atoms with Gasteiger partial charge in [-0.1, -0.05) is 60.2 Å². The molecule has 1 heterocycles. The Morgan fingerprint density at radius 3 is 2.54 bits per heavy atom. The molecule has 136 valence electrons. The minimum atomic E-state index is -0.240. The van der Waals surface area contributed by atoms with Crippen LogP contribution < -0.4 is 0 Å². The van der Waals surface area contributed by atoms with Crippen molar-refractivity contribution >= 4 is 11.8 Å². The van der Waals surface area contributed by atoms with Gasteiger partial charge in [0.1, 0.15) is 0 Å². The molecule has 4 heteroatoms. The Bertz CT molecular complexity index is 773. The van der Waals surface area contributed by atoms with E-state index in [9.17, 15) is 9.59 Å². The van der Waals surface area contributed by atoms with Crippen molar-refractivity contribution in [1.82, 2.24) is 9.80 Å². The van der Waals surface area contributed by atoms with Crippen LogP contribution >= 0.6 is 0 Å². The number of rotatable bonds is 6. The number of aryl methyl sites for hydroxylation is 1. The van der Waals surface area contributed by atoms with Gasteiger partial charge in [-0.3, -0.25) is 9.59 Å². The fourth-order valence-corrected chi connectivity index (χ4v) is 3.53. The van der Waals surface area contributed by atoms with E-state index in [0.29, 0.717) is 32.6 Å². The van der Waals surface area contributed by atoms with Gasteiger partial charge >= 0.3 is 0 Å². The third-order valence-electron chi connectivity index (χ3n) is 4.93. The number of hydrogen-bond donors (Lipinski definition) is 0. The van der Waals surface area contributed by atoms with Crippen molar-refractivity contribution in [3.05, 3.63) is 71.3 Å². The maximum Gasteiger partial charge on any atom is 0.228 e. The molecule has 2 aromatic carbocycles. The number of carbonyl (C=O) groups excluding carboxylic acids is 2. The Labute approximate surface area is 155 Å². The minimum absolute atomic E-state index is 0.0700. The van der Waals surface area contributed by atoms with E-state index in [1.807, 2.05) is 72.2 Å². The first-order valence-electron chi connectivity index (χ1n) is 9.23. The molecule has 26 heavy (non-hydrogen) atoms. The summed E-state index contributed by atoms with van der Waals surface area (Å²) in [6, 6.07) is 18.2. The standard InChI is InChI=1S/C22H26N2O2/c1-3-23(14-18-9-5-4-6-10-18)22(26)20-13-21(25)24(16-20)15-19-11-7-8-17(2)12-19/h4-12,20H,3,13-16H2,1-2H3. The van der Waals surface area contributed by atoms with Crippen LogP contribution in [0.5, 0.6) is 0 Å². The molecule has 2 aromatic rings. The largest absolute Gasteiger partial charge is 0.338 e. The molecule has 1 saturated heterocycles. The van der Waals surface area contributed by atoms with Crippen molar-refractivity contribution in [2.45, 2.75) is 33.4 Å². The summed E-state index contributed by atoms with van der Waals surface area (Å²) in [5.41, 5.74) is 3.41. The lowest BCUT2D eigenvalue weighted by Gasteiger charge is -2.24. The summed E-state index contributed by atoms with van der Waals surface area (Å²) in [5.74, 6) is -0.0898.